The molecule has 114 heavy (non-hydrogen) atoms. The van der Waals surface area contributed by atoms with Gasteiger partial charge in [0, 0.05) is 90.0 Å². The third-order valence-electron chi connectivity index (χ3n) is 21.9. The molecule has 7 N–H and O–H groups in total. The van der Waals surface area contributed by atoms with Crippen molar-refractivity contribution in [1.29, 1.82) is 0 Å². The second-order valence-electron chi connectivity index (χ2n) is 30.4. The van der Waals surface area contributed by atoms with E-state index in [-0.39, 0.29) is 83.6 Å². The summed E-state index contributed by atoms with van der Waals surface area (Å²) in [6, 6.07) is 17.7. The Morgan fingerprint density at radius 3 is 1.15 bits per heavy atom. The van der Waals surface area contributed by atoms with E-state index < -0.39 is 109 Å². The molecule has 1 spiro atoms. The zero-order valence-electron chi connectivity index (χ0n) is 63.1. The number of anilines is 9. The summed E-state index contributed by atoms with van der Waals surface area (Å²) in [6.45, 7) is 6.63. The Morgan fingerprint density at radius 1 is 0.491 bits per heavy atom. The molecular weight excluding hydrogens is 1510 g/mol. The monoisotopic (exact) mass is 1600 g/mol. The van der Waals surface area contributed by atoms with Crippen LogP contribution in [0.15, 0.2) is 91.4 Å². The first-order chi connectivity index (χ1) is 54.2. The molecular formula is C78H92F9N15O12. The quantitative estimate of drug-likeness (QED) is 0.0231. The summed E-state index contributed by atoms with van der Waals surface area (Å²) in [5.41, 5.74) is 4.25. The first-order valence-electron chi connectivity index (χ1n) is 38.4. The standard InChI is InChI=1S/C30H36F3N5O4.2C24H28F3N5O4/c1-19(30(31,32)33)15-25(39)23-7-8-24-27(35-23)38(21-10-14-37(24)17-21)28(40)36-26-16-20(9-13-34-26)5-6-22-18-41-29(42-22)11-3-2-4-12-29;2*1-14(24(25,26)27)10-20(35)18-4-5-19-22(29-18)32(16-7-9-31(19)12-16)23(36)30-21-11-15(6-8-28-21)2-3-17(34)13-33/h7-9,13,16,19,21-22H,2-6,10-12,14-15,17-18H2,1H3,(H,34,36,40);2*4-6,8,11,14,16-17,33-34H,2-3,7,9-10,12-13H2,1H3,(H,28,30,36)/t19-,21-,22?;2*14-,16-,17?/m000/s1. The van der Waals surface area contributed by atoms with Gasteiger partial charge in [0.05, 0.1) is 91.1 Å². The summed E-state index contributed by atoms with van der Waals surface area (Å²) in [6.07, 6.45) is -1.95. The molecule has 614 valence electrons. The molecule has 5 fully saturated rings. The number of rotatable bonds is 23. The minimum Gasteiger partial charge on any atom is -0.394 e. The highest BCUT2D eigenvalue weighted by molar-refractivity contribution is 6.08. The highest BCUT2D eigenvalue weighted by Crippen LogP contribution is 2.45. The molecule has 9 atom stereocenters. The van der Waals surface area contributed by atoms with Crippen LogP contribution in [0.5, 0.6) is 0 Å². The molecule has 6 aromatic heterocycles. The van der Waals surface area contributed by atoms with Crippen LogP contribution in [0.2, 0.25) is 0 Å². The van der Waals surface area contributed by atoms with Crippen LogP contribution in [0.3, 0.4) is 0 Å². The van der Waals surface area contributed by atoms with E-state index in [1.165, 1.54) is 51.7 Å². The second-order valence-corrected chi connectivity index (χ2v) is 30.4. The number of aryl methyl sites for hydroxylation is 3. The molecule has 14 rings (SSSR count). The minimum atomic E-state index is -4.49. The van der Waals surface area contributed by atoms with Gasteiger partial charge in [0.2, 0.25) is 0 Å². The second kappa shape index (κ2) is 35.6. The lowest BCUT2D eigenvalue weighted by atomic mass is 9.94. The first kappa shape index (κ1) is 83.7. The third kappa shape index (κ3) is 20.1. The molecule has 6 amide bonds. The number of ether oxygens (including phenoxy) is 2. The highest BCUT2D eigenvalue weighted by Gasteiger charge is 2.47. The van der Waals surface area contributed by atoms with Crippen LogP contribution < -0.4 is 45.3 Å². The molecule has 36 heteroatoms. The zero-order valence-corrected chi connectivity index (χ0v) is 63.1. The summed E-state index contributed by atoms with van der Waals surface area (Å²) >= 11 is 0. The van der Waals surface area contributed by atoms with E-state index in [2.05, 4.69) is 50.8 Å². The van der Waals surface area contributed by atoms with Crippen molar-refractivity contribution in [3.05, 3.63) is 125 Å². The van der Waals surface area contributed by atoms with Crippen molar-refractivity contribution >= 4 is 87.4 Å². The highest BCUT2D eigenvalue weighted by atomic mass is 19.4. The fourth-order valence-electron chi connectivity index (χ4n) is 15.3. The topological polar surface area (TPSA) is 335 Å². The third-order valence-corrected chi connectivity index (χ3v) is 21.9. The van der Waals surface area contributed by atoms with Gasteiger partial charge < -0.3 is 44.6 Å². The molecule has 8 aliphatic rings. The van der Waals surface area contributed by atoms with Crippen LogP contribution in [0.4, 0.5) is 106 Å². The number of carbonyl (C=O) groups is 6. The summed E-state index contributed by atoms with van der Waals surface area (Å²) in [7, 11) is 0. The average Bonchev–Trinajstić information content (AvgIpc) is 1.55. The molecule has 6 aromatic rings. The predicted octanol–water partition coefficient (Wildman–Crippen LogP) is 12.2. The molecule has 3 unspecified atom stereocenters. The number of hydrogen-bond donors (Lipinski definition) is 7. The number of alkyl halides is 9. The number of nitrogens with zero attached hydrogens (tertiary/aromatic N) is 12. The molecule has 13 heterocycles. The van der Waals surface area contributed by atoms with Crippen LogP contribution in [0.1, 0.15) is 159 Å². The number of hydrogen-bond acceptors (Lipinski definition) is 21. The Kier molecular flexibility index (Phi) is 26.1. The van der Waals surface area contributed by atoms with Gasteiger partial charge in [-0.1, -0.05) is 27.2 Å². The summed E-state index contributed by atoms with van der Waals surface area (Å²) in [5, 5.41) is 45.5. The number of pyridine rings is 6. The number of carbonyl (C=O) groups excluding carboxylic acids is 6. The molecule has 1 saturated carbocycles. The fourth-order valence-corrected chi connectivity index (χ4v) is 15.3. The Hall–Kier alpha value is -9.75. The maximum Gasteiger partial charge on any atom is 0.391 e. The van der Waals surface area contributed by atoms with Gasteiger partial charge in [-0.15, -0.1) is 0 Å². The average molecular weight is 1600 g/mol. The van der Waals surface area contributed by atoms with Gasteiger partial charge in [-0.3, -0.25) is 45.0 Å². The van der Waals surface area contributed by atoms with Crippen molar-refractivity contribution in [3.63, 3.8) is 0 Å². The van der Waals surface area contributed by atoms with Gasteiger partial charge in [-0.05, 0) is 160 Å². The number of fused-ring (bicyclic) bond motifs is 12. The molecule has 27 nitrogen and oxygen atoms in total. The minimum absolute atomic E-state index is 0.0339. The Morgan fingerprint density at radius 2 is 0.825 bits per heavy atom. The number of halogens is 9. The van der Waals surface area contributed by atoms with Gasteiger partial charge in [-0.2, -0.15) is 39.5 Å². The molecule has 6 bridgehead atoms. The summed E-state index contributed by atoms with van der Waals surface area (Å²) in [5.74, 6) is -6.32. The predicted molar refractivity (Wildman–Crippen MR) is 402 cm³/mol. The maximum atomic E-state index is 13.6. The lowest BCUT2D eigenvalue weighted by Crippen LogP contribution is -2.48. The largest absolute Gasteiger partial charge is 0.394 e. The van der Waals surface area contributed by atoms with Gasteiger partial charge in [0.15, 0.2) is 40.6 Å². The van der Waals surface area contributed by atoms with E-state index in [4.69, 9.17) is 19.7 Å². The first-order valence-corrected chi connectivity index (χ1v) is 38.4. The van der Waals surface area contributed by atoms with E-state index in [1.807, 2.05) is 21.9 Å². The van der Waals surface area contributed by atoms with Gasteiger partial charge >= 0.3 is 36.6 Å². The van der Waals surface area contributed by atoms with Crippen LogP contribution in [-0.4, -0.2) is 206 Å². The molecule has 0 aromatic carbocycles. The van der Waals surface area contributed by atoms with Crippen molar-refractivity contribution in [3.8, 4) is 0 Å². The lowest BCUT2D eigenvalue weighted by molar-refractivity contribution is -0.187. The van der Waals surface area contributed by atoms with Crippen molar-refractivity contribution in [2.24, 2.45) is 17.8 Å². The summed E-state index contributed by atoms with van der Waals surface area (Å²) < 4.78 is 129. The number of aliphatic hydroxyl groups excluding tert-OH is 4. The SMILES string of the molecule is C[C@@H](CC(=O)c1ccc2c(n1)N(C(=O)Nc1cc(CCC(O)CO)ccn1)[C@H]1CCN2C1)C(F)(F)F.C[C@@H](CC(=O)c1ccc2c(n1)N(C(=O)Nc1cc(CCC(O)CO)ccn1)[C@H]1CCN2C1)C(F)(F)F.C[C@@H](CC(=O)c1ccc2c(n1)N(C(=O)Nc1cc(CCC3COC4(CCCCC4)O3)ccn1)[C@H]1CCN2C1)C(F)(F)F. The molecule has 0 radical (unpaired) electrons. The number of nitrogens with one attached hydrogen (secondary N) is 3. The number of amides is 6. The smallest absolute Gasteiger partial charge is 0.391 e. The summed E-state index contributed by atoms with van der Waals surface area (Å²) in [4.78, 5) is 114. The van der Waals surface area contributed by atoms with E-state index in [0.717, 1.165) is 76.0 Å². The van der Waals surface area contributed by atoms with E-state index in [1.54, 1.807) is 48.7 Å². The zero-order chi connectivity index (χ0) is 81.6. The fraction of sp³-hybridized carbons (Fsp3) is 0.538. The van der Waals surface area contributed by atoms with Gasteiger partial charge in [-0.25, -0.2) is 44.3 Å². The number of ketones is 3. The van der Waals surface area contributed by atoms with Crippen molar-refractivity contribution < 1.29 is 98.2 Å². The van der Waals surface area contributed by atoms with E-state index in [0.29, 0.717) is 114 Å². The van der Waals surface area contributed by atoms with Crippen molar-refractivity contribution in [2.75, 3.05) is 104 Å². The Bertz CT molecular complexity index is 4290. The Balaban J connectivity index is 0.000000159. The number of urea groups is 3. The van der Waals surface area contributed by atoms with Crippen LogP contribution >= 0.6 is 0 Å². The van der Waals surface area contributed by atoms with Gasteiger partial charge in [0.1, 0.15) is 34.5 Å². The van der Waals surface area contributed by atoms with E-state index >= 15 is 0 Å². The van der Waals surface area contributed by atoms with Crippen molar-refractivity contribution in [1.82, 2.24) is 29.9 Å². The molecule has 4 saturated heterocycles. The number of aromatic nitrogens is 6. The maximum absolute atomic E-state index is 13.6. The van der Waals surface area contributed by atoms with Crippen LogP contribution in [-0.2, 0) is 28.7 Å². The lowest BCUT2D eigenvalue weighted by Gasteiger charge is -2.35. The molecule has 1 aliphatic carbocycles. The van der Waals surface area contributed by atoms with Crippen molar-refractivity contribution in [2.45, 2.75) is 191 Å². The molecule has 7 aliphatic heterocycles. The van der Waals surface area contributed by atoms with Gasteiger partial charge in [0.25, 0.3) is 0 Å². The number of aliphatic hydroxyl groups is 4. The van der Waals surface area contributed by atoms with Crippen LogP contribution in [0, 0.1) is 17.8 Å². The van der Waals surface area contributed by atoms with Crippen LogP contribution in [0.25, 0.3) is 0 Å². The normalized spacial score (nSPS) is 20.4. The van der Waals surface area contributed by atoms with E-state index in [9.17, 15) is 78.5 Å². The Labute approximate surface area is 651 Å². The number of Topliss-reactive ketones (excluding diaryl/α,β-unsaturated/α-hetero) is 3.